The zero-order valence-electron chi connectivity index (χ0n) is 11.2. The molecule has 4 N–H and O–H groups in total. The van der Waals surface area contributed by atoms with Crippen LogP contribution in [-0.2, 0) is 24.4 Å². The van der Waals surface area contributed by atoms with Gasteiger partial charge in [0.1, 0.15) is 6.04 Å². The smallest absolute Gasteiger partial charge is 0.266 e. The molecule has 0 rings (SSSR count). The molecule has 9 heteroatoms. The largest absolute Gasteiger partial charge is 0.384 e. The first-order valence-corrected chi connectivity index (χ1v) is 7.37. The zero-order valence-corrected chi connectivity index (χ0v) is 12.0. The minimum atomic E-state index is -4.25. The van der Waals surface area contributed by atoms with Crippen LogP contribution in [0, 0.1) is 5.92 Å². The summed E-state index contributed by atoms with van der Waals surface area (Å²) in [6.07, 6.45) is 0.617. The SMILES string of the molecule is COCC(CCNC(=O)C(N)CS(=O)(=O)O)COC. The Kier molecular flexibility index (Phi) is 8.85. The molecule has 1 atom stereocenters. The van der Waals surface area contributed by atoms with Crippen LogP contribution in [0.2, 0.25) is 0 Å². The Morgan fingerprint density at radius 3 is 2.26 bits per heavy atom. The summed E-state index contributed by atoms with van der Waals surface area (Å²) in [5.74, 6) is -1.28. The number of nitrogens with one attached hydrogen (secondary N) is 1. The first kappa shape index (κ1) is 18.3. The molecule has 0 aliphatic heterocycles. The van der Waals surface area contributed by atoms with E-state index in [1.807, 2.05) is 0 Å². The summed E-state index contributed by atoms with van der Waals surface area (Å²) in [6, 6.07) is -1.28. The lowest BCUT2D eigenvalue weighted by atomic mass is 10.1. The Morgan fingerprint density at radius 1 is 1.32 bits per heavy atom. The molecule has 0 saturated heterocycles. The lowest BCUT2D eigenvalue weighted by Gasteiger charge is -2.16. The van der Waals surface area contributed by atoms with Crippen molar-refractivity contribution in [3.8, 4) is 0 Å². The third-order valence-corrected chi connectivity index (χ3v) is 3.16. The van der Waals surface area contributed by atoms with Crippen LogP contribution < -0.4 is 11.1 Å². The second-order valence-corrected chi connectivity index (χ2v) is 5.71. The standard InChI is InChI=1S/C10H22N2O6S/c1-17-5-8(6-18-2)3-4-12-10(13)9(11)7-19(14,15)16/h8-9H,3-7,11H2,1-2H3,(H,12,13)(H,14,15,16). The normalized spacial score (nSPS) is 13.5. The molecule has 0 aromatic rings. The van der Waals surface area contributed by atoms with E-state index >= 15 is 0 Å². The van der Waals surface area contributed by atoms with Crippen molar-refractivity contribution in [1.82, 2.24) is 5.32 Å². The van der Waals surface area contributed by atoms with Crippen LogP contribution >= 0.6 is 0 Å². The molecule has 0 bridgehead atoms. The number of hydrogen-bond acceptors (Lipinski definition) is 6. The number of nitrogens with two attached hydrogens (primary N) is 1. The van der Waals surface area contributed by atoms with Gasteiger partial charge in [-0.25, -0.2) is 0 Å². The maximum absolute atomic E-state index is 11.4. The minimum Gasteiger partial charge on any atom is -0.384 e. The van der Waals surface area contributed by atoms with Gasteiger partial charge in [0, 0.05) is 26.7 Å². The van der Waals surface area contributed by atoms with Crippen molar-refractivity contribution < 1.29 is 27.2 Å². The van der Waals surface area contributed by atoms with E-state index in [0.29, 0.717) is 26.2 Å². The van der Waals surface area contributed by atoms with E-state index in [1.54, 1.807) is 14.2 Å². The summed E-state index contributed by atoms with van der Waals surface area (Å²) in [5, 5.41) is 2.50. The fraction of sp³-hybridized carbons (Fsp3) is 0.900. The van der Waals surface area contributed by atoms with Crippen LogP contribution in [0.3, 0.4) is 0 Å². The minimum absolute atomic E-state index is 0.132. The fourth-order valence-corrected chi connectivity index (χ4v) is 2.12. The van der Waals surface area contributed by atoms with Crippen molar-refractivity contribution in [2.24, 2.45) is 11.7 Å². The van der Waals surface area contributed by atoms with Gasteiger partial charge in [-0.1, -0.05) is 0 Å². The highest BCUT2D eigenvalue weighted by Crippen LogP contribution is 2.03. The number of hydrogen-bond donors (Lipinski definition) is 3. The van der Waals surface area contributed by atoms with Crippen molar-refractivity contribution in [2.45, 2.75) is 12.5 Å². The average molecular weight is 298 g/mol. The predicted molar refractivity (Wildman–Crippen MR) is 69.3 cm³/mol. The summed E-state index contributed by atoms with van der Waals surface area (Å²) in [5.41, 5.74) is 5.34. The van der Waals surface area contributed by atoms with E-state index < -0.39 is 27.8 Å². The highest BCUT2D eigenvalue weighted by molar-refractivity contribution is 7.85. The first-order valence-electron chi connectivity index (χ1n) is 5.76. The molecule has 0 radical (unpaired) electrons. The van der Waals surface area contributed by atoms with E-state index in [4.69, 9.17) is 19.8 Å². The van der Waals surface area contributed by atoms with E-state index in [9.17, 15) is 13.2 Å². The van der Waals surface area contributed by atoms with Crippen LogP contribution in [0.1, 0.15) is 6.42 Å². The van der Waals surface area contributed by atoms with Crippen LogP contribution in [0.5, 0.6) is 0 Å². The van der Waals surface area contributed by atoms with Gasteiger partial charge in [0.2, 0.25) is 5.91 Å². The van der Waals surface area contributed by atoms with Crippen molar-refractivity contribution in [1.29, 1.82) is 0 Å². The topological polar surface area (TPSA) is 128 Å². The highest BCUT2D eigenvalue weighted by Gasteiger charge is 2.20. The van der Waals surface area contributed by atoms with Gasteiger partial charge in [0.05, 0.1) is 19.0 Å². The van der Waals surface area contributed by atoms with Crippen molar-refractivity contribution in [3.05, 3.63) is 0 Å². The molecule has 19 heavy (non-hydrogen) atoms. The predicted octanol–water partition coefficient (Wildman–Crippen LogP) is -1.38. The molecule has 0 fully saturated rings. The van der Waals surface area contributed by atoms with Gasteiger partial charge >= 0.3 is 0 Å². The third-order valence-electron chi connectivity index (χ3n) is 2.38. The molecule has 8 nitrogen and oxygen atoms in total. The number of carbonyl (C=O) groups excluding carboxylic acids is 1. The Morgan fingerprint density at radius 2 is 1.84 bits per heavy atom. The Balaban J connectivity index is 4.01. The molecule has 114 valence electrons. The molecule has 0 heterocycles. The summed E-state index contributed by atoms with van der Waals surface area (Å²) in [7, 11) is -1.11. The van der Waals surface area contributed by atoms with E-state index in [0.717, 1.165) is 0 Å². The average Bonchev–Trinajstić information content (AvgIpc) is 2.27. The highest BCUT2D eigenvalue weighted by atomic mass is 32.2. The maximum atomic E-state index is 11.4. The van der Waals surface area contributed by atoms with Gasteiger partial charge in [-0.15, -0.1) is 0 Å². The maximum Gasteiger partial charge on any atom is 0.266 e. The summed E-state index contributed by atoms with van der Waals surface area (Å²) < 4.78 is 39.7. The molecule has 0 aromatic heterocycles. The van der Waals surface area contributed by atoms with Crippen molar-refractivity contribution >= 4 is 16.0 Å². The lowest BCUT2D eigenvalue weighted by molar-refractivity contribution is -0.122. The van der Waals surface area contributed by atoms with E-state index in [-0.39, 0.29) is 5.92 Å². The Hall–Kier alpha value is -0.740. The quantitative estimate of drug-likeness (QED) is 0.424. The molecule has 0 saturated carbocycles. The second kappa shape index (κ2) is 9.21. The summed E-state index contributed by atoms with van der Waals surface area (Å²) >= 11 is 0. The van der Waals surface area contributed by atoms with E-state index in [1.165, 1.54) is 0 Å². The molecule has 1 unspecified atom stereocenters. The van der Waals surface area contributed by atoms with Gasteiger partial charge < -0.3 is 20.5 Å². The molecular weight excluding hydrogens is 276 g/mol. The van der Waals surface area contributed by atoms with Crippen LogP contribution in [0.4, 0.5) is 0 Å². The fourth-order valence-electron chi connectivity index (χ4n) is 1.52. The molecule has 0 aliphatic rings. The van der Waals surface area contributed by atoms with Crippen LogP contribution in [-0.4, -0.2) is 64.7 Å². The number of amides is 1. The third kappa shape index (κ3) is 9.79. The number of ether oxygens (including phenoxy) is 2. The number of methoxy groups -OCH3 is 2. The van der Waals surface area contributed by atoms with Gasteiger partial charge in [-0.3, -0.25) is 9.35 Å². The van der Waals surface area contributed by atoms with Gasteiger partial charge in [0.15, 0.2) is 0 Å². The summed E-state index contributed by atoms with van der Waals surface area (Å²) in [4.78, 5) is 11.4. The van der Waals surface area contributed by atoms with Crippen LogP contribution in [0.15, 0.2) is 0 Å². The van der Waals surface area contributed by atoms with Crippen LogP contribution in [0.25, 0.3) is 0 Å². The Labute approximate surface area is 113 Å². The van der Waals surface area contributed by atoms with Gasteiger partial charge in [0.25, 0.3) is 10.1 Å². The van der Waals surface area contributed by atoms with E-state index in [2.05, 4.69) is 5.32 Å². The molecule has 0 aromatic carbocycles. The number of carbonyl (C=O) groups is 1. The second-order valence-electron chi connectivity index (χ2n) is 4.21. The lowest BCUT2D eigenvalue weighted by Crippen LogP contribution is -2.45. The molecule has 1 amide bonds. The van der Waals surface area contributed by atoms with Gasteiger partial charge in [-0.2, -0.15) is 8.42 Å². The molecule has 0 aliphatic carbocycles. The van der Waals surface area contributed by atoms with Gasteiger partial charge in [-0.05, 0) is 6.42 Å². The summed E-state index contributed by atoms with van der Waals surface area (Å²) in [6.45, 7) is 1.33. The zero-order chi connectivity index (χ0) is 14.9. The molecular formula is C10H22N2O6S. The Bertz CT molecular complexity index is 353. The first-order chi connectivity index (χ1) is 8.80. The monoisotopic (exact) mass is 298 g/mol. The number of rotatable bonds is 10. The van der Waals surface area contributed by atoms with Crippen molar-refractivity contribution in [3.63, 3.8) is 0 Å². The molecule has 0 spiro atoms. The van der Waals surface area contributed by atoms with Crippen molar-refractivity contribution in [2.75, 3.05) is 39.7 Å².